The van der Waals surface area contributed by atoms with E-state index < -0.39 is 5.97 Å². The largest absolute Gasteiger partial charge is 0.475 e. The minimum absolute atomic E-state index is 0.202. The standard InChI is InChI=1S/C9H9N3O2/c1-3-6(2)11-7-4-5-10-8(12-7)9(13)14/h1,4-6H,2H3,(H,13,14)(H,10,11,12). The summed E-state index contributed by atoms with van der Waals surface area (Å²) in [5.74, 6) is 1.43. The number of rotatable bonds is 3. The molecule has 1 aromatic heterocycles. The predicted octanol–water partition coefficient (Wildman–Crippen LogP) is 0.608. The molecule has 0 fully saturated rings. The summed E-state index contributed by atoms with van der Waals surface area (Å²) in [7, 11) is 0. The molecule has 0 aromatic carbocycles. The molecule has 0 saturated carbocycles. The molecule has 0 aliphatic carbocycles. The topological polar surface area (TPSA) is 75.1 Å². The number of nitrogens with zero attached hydrogens (tertiary/aromatic N) is 2. The van der Waals surface area contributed by atoms with E-state index in [1.165, 1.54) is 6.20 Å². The van der Waals surface area contributed by atoms with E-state index in [0.717, 1.165) is 0 Å². The fourth-order valence-corrected chi connectivity index (χ4v) is 0.806. The van der Waals surface area contributed by atoms with Crippen LogP contribution in [0.4, 0.5) is 5.82 Å². The van der Waals surface area contributed by atoms with Gasteiger partial charge in [-0.1, -0.05) is 5.92 Å². The van der Waals surface area contributed by atoms with Gasteiger partial charge in [0.2, 0.25) is 5.82 Å². The van der Waals surface area contributed by atoms with Gasteiger partial charge in [0.05, 0.1) is 6.04 Å². The van der Waals surface area contributed by atoms with Crippen molar-refractivity contribution in [1.29, 1.82) is 0 Å². The van der Waals surface area contributed by atoms with Gasteiger partial charge in [-0.25, -0.2) is 14.8 Å². The van der Waals surface area contributed by atoms with Gasteiger partial charge in [-0.15, -0.1) is 6.42 Å². The lowest BCUT2D eigenvalue weighted by Crippen LogP contribution is -2.15. The molecule has 0 aliphatic rings. The Morgan fingerprint density at radius 2 is 2.50 bits per heavy atom. The summed E-state index contributed by atoms with van der Waals surface area (Å²) in [5.41, 5.74) is 0. The number of anilines is 1. The van der Waals surface area contributed by atoms with Crippen LogP contribution in [0.3, 0.4) is 0 Å². The molecule has 72 valence electrons. The zero-order valence-electron chi connectivity index (χ0n) is 7.56. The third kappa shape index (κ3) is 2.45. The third-order valence-electron chi connectivity index (χ3n) is 1.46. The minimum atomic E-state index is -1.16. The highest BCUT2D eigenvalue weighted by Gasteiger charge is 2.07. The van der Waals surface area contributed by atoms with Crippen LogP contribution >= 0.6 is 0 Å². The molecule has 5 heteroatoms. The van der Waals surface area contributed by atoms with Crippen molar-refractivity contribution in [3.8, 4) is 12.3 Å². The lowest BCUT2D eigenvalue weighted by Gasteiger charge is -2.07. The molecule has 1 unspecified atom stereocenters. The Bertz CT molecular complexity index is 384. The molecular formula is C9H9N3O2. The lowest BCUT2D eigenvalue weighted by molar-refractivity contribution is 0.0683. The molecule has 1 aromatic rings. The highest BCUT2D eigenvalue weighted by molar-refractivity contribution is 5.83. The van der Waals surface area contributed by atoms with Crippen LogP contribution in [-0.4, -0.2) is 27.1 Å². The smallest absolute Gasteiger partial charge is 0.374 e. The summed E-state index contributed by atoms with van der Waals surface area (Å²) in [6, 6.07) is 1.35. The lowest BCUT2D eigenvalue weighted by atomic mass is 10.3. The van der Waals surface area contributed by atoms with E-state index in [4.69, 9.17) is 11.5 Å². The first-order valence-electron chi connectivity index (χ1n) is 3.92. The van der Waals surface area contributed by atoms with Crippen LogP contribution in [0, 0.1) is 12.3 Å². The zero-order valence-corrected chi connectivity index (χ0v) is 7.56. The predicted molar refractivity (Wildman–Crippen MR) is 50.9 cm³/mol. The van der Waals surface area contributed by atoms with Gasteiger partial charge in [0.1, 0.15) is 5.82 Å². The fourth-order valence-electron chi connectivity index (χ4n) is 0.806. The van der Waals surface area contributed by atoms with E-state index >= 15 is 0 Å². The van der Waals surface area contributed by atoms with Crippen LogP contribution in [-0.2, 0) is 0 Å². The molecule has 14 heavy (non-hydrogen) atoms. The number of aromatic nitrogens is 2. The van der Waals surface area contributed by atoms with Crippen LogP contribution in [0.15, 0.2) is 12.3 Å². The van der Waals surface area contributed by atoms with Gasteiger partial charge in [-0.3, -0.25) is 0 Å². The summed E-state index contributed by atoms with van der Waals surface area (Å²) in [4.78, 5) is 17.8. The zero-order chi connectivity index (χ0) is 10.6. The van der Waals surface area contributed by atoms with E-state index in [2.05, 4.69) is 21.2 Å². The molecule has 0 saturated heterocycles. The molecule has 2 N–H and O–H groups in total. The van der Waals surface area contributed by atoms with Gasteiger partial charge >= 0.3 is 5.97 Å². The fraction of sp³-hybridized carbons (Fsp3) is 0.222. The SMILES string of the molecule is C#CC(C)Nc1ccnc(C(=O)O)n1. The molecule has 1 rings (SSSR count). The maximum Gasteiger partial charge on any atom is 0.374 e. The highest BCUT2D eigenvalue weighted by atomic mass is 16.4. The quantitative estimate of drug-likeness (QED) is 0.684. The summed E-state index contributed by atoms with van der Waals surface area (Å²) in [5, 5.41) is 11.4. The van der Waals surface area contributed by atoms with Crippen molar-refractivity contribution in [3.63, 3.8) is 0 Å². The average molecular weight is 191 g/mol. The Morgan fingerprint density at radius 1 is 1.79 bits per heavy atom. The number of hydrogen-bond donors (Lipinski definition) is 2. The summed E-state index contributed by atoms with van der Waals surface area (Å²) < 4.78 is 0. The van der Waals surface area contributed by atoms with Gasteiger partial charge in [0.25, 0.3) is 0 Å². The van der Waals surface area contributed by atoms with Crippen LogP contribution in [0.2, 0.25) is 0 Å². The van der Waals surface area contributed by atoms with Gasteiger partial charge in [0.15, 0.2) is 0 Å². The Labute approximate surface area is 81.2 Å². The van der Waals surface area contributed by atoms with Gasteiger partial charge in [-0.2, -0.15) is 0 Å². The Hall–Kier alpha value is -2.09. The second-order valence-corrected chi connectivity index (χ2v) is 2.60. The van der Waals surface area contributed by atoms with Crippen molar-refractivity contribution in [1.82, 2.24) is 9.97 Å². The maximum absolute atomic E-state index is 10.5. The van der Waals surface area contributed by atoms with Crippen molar-refractivity contribution >= 4 is 11.8 Å². The van der Waals surface area contributed by atoms with Gasteiger partial charge in [0, 0.05) is 6.20 Å². The van der Waals surface area contributed by atoms with Gasteiger partial charge in [-0.05, 0) is 13.0 Å². The van der Waals surface area contributed by atoms with Crippen molar-refractivity contribution in [3.05, 3.63) is 18.1 Å². The van der Waals surface area contributed by atoms with E-state index in [-0.39, 0.29) is 11.9 Å². The number of carbonyl (C=O) groups is 1. The molecule has 5 nitrogen and oxygen atoms in total. The minimum Gasteiger partial charge on any atom is -0.475 e. The van der Waals surface area contributed by atoms with E-state index in [9.17, 15) is 4.79 Å². The van der Waals surface area contributed by atoms with Gasteiger partial charge < -0.3 is 10.4 Å². The normalized spacial score (nSPS) is 11.4. The number of hydrogen-bond acceptors (Lipinski definition) is 4. The molecule has 0 spiro atoms. The number of terminal acetylenes is 1. The second-order valence-electron chi connectivity index (χ2n) is 2.60. The monoisotopic (exact) mass is 191 g/mol. The van der Waals surface area contributed by atoms with Crippen LogP contribution in [0.5, 0.6) is 0 Å². The van der Waals surface area contributed by atoms with E-state index in [1.807, 2.05) is 0 Å². The maximum atomic E-state index is 10.5. The first kappa shape index (κ1) is 9.99. The molecular weight excluding hydrogens is 182 g/mol. The molecule has 1 heterocycles. The second kappa shape index (κ2) is 4.23. The molecule has 0 amide bonds. The van der Waals surface area contributed by atoms with Crippen LogP contribution in [0.1, 0.15) is 17.5 Å². The van der Waals surface area contributed by atoms with Crippen molar-refractivity contribution in [2.45, 2.75) is 13.0 Å². The Balaban J connectivity index is 2.85. The molecule has 0 radical (unpaired) electrons. The molecule has 0 aliphatic heterocycles. The molecule has 0 bridgehead atoms. The van der Waals surface area contributed by atoms with E-state index in [1.54, 1.807) is 13.0 Å². The third-order valence-corrected chi connectivity index (χ3v) is 1.46. The number of carboxylic acids is 1. The van der Waals surface area contributed by atoms with E-state index in [0.29, 0.717) is 5.82 Å². The van der Waals surface area contributed by atoms with Crippen molar-refractivity contribution < 1.29 is 9.90 Å². The number of aromatic carboxylic acids is 1. The van der Waals surface area contributed by atoms with Crippen molar-refractivity contribution in [2.24, 2.45) is 0 Å². The van der Waals surface area contributed by atoms with Crippen molar-refractivity contribution in [2.75, 3.05) is 5.32 Å². The first-order chi connectivity index (χ1) is 6.63. The molecule has 1 atom stereocenters. The van der Waals surface area contributed by atoms with Crippen LogP contribution in [0.25, 0.3) is 0 Å². The van der Waals surface area contributed by atoms with Crippen LogP contribution < -0.4 is 5.32 Å². The number of nitrogens with one attached hydrogen (secondary N) is 1. The highest BCUT2D eigenvalue weighted by Crippen LogP contribution is 2.03. The Kier molecular flexibility index (Phi) is 3.02. The Morgan fingerprint density at radius 3 is 3.07 bits per heavy atom. The summed E-state index contributed by atoms with van der Waals surface area (Å²) in [6.07, 6.45) is 6.51. The average Bonchev–Trinajstić information content (AvgIpc) is 2.18. The first-order valence-corrected chi connectivity index (χ1v) is 3.92. The summed E-state index contributed by atoms with van der Waals surface area (Å²) in [6.45, 7) is 1.77. The number of carboxylic acid groups (broad SMARTS) is 1. The summed E-state index contributed by atoms with van der Waals surface area (Å²) >= 11 is 0.